The minimum atomic E-state index is 0.148. The number of hydrogen-bond acceptors (Lipinski definition) is 2. The van der Waals surface area contributed by atoms with Crippen LogP contribution in [0.3, 0.4) is 0 Å². The average Bonchev–Trinajstić information content (AvgIpc) is 2.52. The molecule has 2 heteroatoms. The Morgan fingerprint density at radius 2 is 1.60 bits per heavy atom. The Balaban J connectivity index is 1.67. The summed E-state index contributed by atoms with van der Waals surface area (Å²) in [5.74, 6) is 0.148. The van der Waals surface area contributed by atoms with Crippen molar-refractivity contribution in [2.75, 3.05) is 6.54 Å². The van der Waals surface area contributed by atoms with Crippen LogP contribution in [-0.4, -0.2) is 12.3 Å². The largest absolute Gasteiger partial charge is 0.312 e. The molecule has 0 heterocycles. The molecule has 2 rings (SSSR count). The van der Waals surface area contributed by atoms with E-state index in [1.807, 2.05) is 54.6 Å². The molecule has 102 valence electrons. The van der Waals surface area contributed by atoms with Gasteiger partial charge in [0.2, 0.25) is 0 Å². The summed E-state index contributed by atoms with van der Waals surface area (Å²) in [5, 5.41) is 3.28. The number of hydrogen-bond donors (Lipinski definition) is 1. The SMILES string of the molecule is O=C(/C=C/c1ccccc1)CCNCc1ccccc1. The molecule has 20 heavy (non-hydrogen) atoms. The number of carbonyl (C=O) groups excluding carboxylic acids is 1. The first kappa shape index (κ1) is 14.2. The molecular weight excluding hydrogens is 246 g/mol. The summed E-state index contributed by atoms with van der Waals surface area (Å²) < 4.78 is 0. The van der Waals surface area contributed by atoms with Gasteiger partial charge in [-0.2, -0.15) is 0 Å². The predicted molar refractivity (Wildman–Crippen MR) is 83.2 cm³/mol. The van der Waals surface area contributed by atoms with Crippen LogP contribution in [0.4, 0.5) is 0 Å². The topological polar surface area (TPSA) is 29.1 Å². The van der Waals surface area contributed by atoms with E-state index in [0.29, 0.717) is 13.0 Å². The van der Waals surface area contributed by atoms with Gasteiger partial charge in [-0.3, -0.25) is 4.79 Å². The van der Waals surface area contributed by atoms with E-state index in [2.05, 4.69) is 17.4 Å². The number of carbonyl (C=O) groups is 1. The molecule has 2 aromatic carbocycles. The fraction of sp³-hybridized carbons (Fsp3) is 0.167. The van der Waals surface area contributed by atoms with Gasteiger partial charge < -0.3 is 5.32 Å². The molecule has 2 aromatic rings. The highest BCUT2D eigenvalue weighted by Crippen LogP contribution is 2.01. The number of allylic oxidation sites excluding steroid dienone is 1. The zero-order valence-electron chi connectivity index (χ0n) is 11.5. The lowest BCUT2D eigenvalue weighted by molar-refractivity contribution is -0.114. The minimum absolute atomic E-state index is 0.148. The highest BCUT2D eigenvalue weighted by Gasteiger charge is 1.97. The molecular formula is C18H19NO. The third-order valence-corrected chi connectivity index (χ3v) is 2.98. The molecule has 1 N–H and O–H groups in total. The lowest BCUT2D eigenvalue weighted by Gasteiger charge is -2.03. The second-order valence-electron chi connectivity index (χ2n) is 4.62. The van der Waals surface area contributed by atoms with Gasteiger partial charge in [-0.05, 0) is 17.2 Å². The Morgan fingerprint density at radius 3 is 2.30 bits per heavy atom. The van der Waals surface area contributed by atoms with Crippen molar-refractivity contribution in [2.45, 2.75) is 13.0 Å². The molecule has 0 aromatic heterocycles. The maximum atomic E-state index is 11.7. The predicted octanol–water partition coefficient (Wildman–Crippen LogP) is 3.45. The summed E-state index contributed by atoms with van der Waals surface area (Å²) in [4.78, 5) is 11.7. The Labute approximate surface area is 120 Å². The summed E-state index contributed by atoms with van der Waals surface area (Å²) in [7, 11) is 0. The van der Waals surface area contributed by atoms with E-state index in [9.17, 15) is 4.79 Å². The molecule has 0 unspecified atom stereocenters. The Morgan fingerprint density at radius 1 is 0.950 bits per heavy atom. The highest BCUT2D eigenvalue weighted by atomic mass is 16.1. The fourth-order valence-electron chi connectivity index (χ4n) is 1.88. The summed E-state index contributed by atoms with van der Waals surface area (Å²) in [5.41, 5.74) is 2.29. The zero-order valence-corrected chi connectivity index (χ0v) is 11.5. The van der Waals surface area contributed by atoms with Gasteiger partial charge in [-0.25, -0.2) is 0 Å². The van der Waals surface area contributed by atoms with Gasteiger partial charge in [0.15, 0.2) is 5.78 Å². The van der Waals surface area contributed by atoms with E-state index >= 15 is 0 Å². The first-order valence-electron chi connectivity index (χ1n) is 6.85. The molecule has 0 aliphatic heterocycles. The highest BCUT2D eigenvalue weighted by molar-refractivity contribution is 5.93. The third kappa shape index (κ3) is 5.21. The van der Waals surface area contributed by atoms with Crippen LogP contribution >= 0.6 is 0 Å². The van der Waals surface area contributed by atoms with Crippen LogP contribution in [0.25, 0.3) is 6.08 Å². The van der Waals surface area contributed by atoms with Crippen LogP contribution in [0.1, 0.15) is 17.5 Å². The summed E-state index contributed by atoms with van der Waals surface area (Å²) in [6.07, 6.45) is 4.04. The molecule has 2 nitrogen and oxygen atoms in total. The van der Waals surface area contributed by atoms with Gasteiger partial charge in [-0.15, -0.1) is 0 Å². The number of nitrogens with one attached hydrogen (secondary N) is 1. The standard InChI is InChI=1S/C18H19NO/c20-18(12-11-16-7-3-1-4-8-16)13-14-19-15-17-9-5-2-6-10-17/h1-12,19H,13-15H2/b12-11+. The Kier molecular flexibility index (Phi) is 5.74. The minimum Gasteiger partial charge on any atom is -0.312 e. The molecule has 0 spiro atoms. The molecule has 0 bridgehead atoms. The molecule has 0 aliphatic carbocycles. The van der Waals surface area contributed by atoms with Crippen molar-refractivity contribution in [2.24, 2.45) is 0 Å². The third-order valence-electron chi connectivity index (χ3n) is 2.98. The second kappa shape index (κ2) is 8.08. The van der Waals surface area contributed by atoms with Crippen LogP contribution in [0.5, 0.6) is 0 Å². The molecule has 0 saturated carbocycles. The first-order valence-corrected chi connectivity index (χ1v) is 6.85. The zero-order chi connectivity index (χ0) is 14.0. The van der Waals surface area contributed by atoms with E-state index in [-0.39, 0.29) is 5.78 Å². The van der Waals surface area contributed by atoms with Gasteiger partial charge >= 0.3 is 0 Å². The first-order chi connectivity index (χ1) is 9.84. The van der Waals surface area contributed by atoms with Crippen LogP contribution in [0.15, 0.2) is 66.7 Å². The average molecular weight is 265 g/mol. The van der Waals surface area contributed by atoms with E-state index in [1.165, 1.54) is 5.56 Å². The maximum absolute atomic E-state index is 11.7. The fourth-order valence-corrected chi connectivity index (χ4v) is 1.88. The van der Waals surface area contributed by atoms with Crippen LogP contribution < -0.4 is 5.32 Å². The number of rotatable bonds is 7. The van der Waals surface area contributed by atoms with Crippen LogP contribution in [0, 0.1) is 0 Å². The monoisotopic (exact) mass is 265 g/mol. The van der Waals surface area contributed by atoms with Crippen molar-refractivity contribution < 1.29 is 4.79 Å². The molecule has 0 atom stereocenters. The smallest absolute Gasteiger partial charge is 0.156 e. The van der Waals surface area contributed by atoms with Crippen molar-refractivity contribution in [1.82, 2.24) is 5.32 Å². The van der Waals surface area contributed by atoms with Crippen molar-refractivity contribution in [3.8, 4) is 0 Å². The number of ketones is 1. The van der Waals surface area contributed by atoms with Crippen molar-refractivity contribution in [3.05, 3.63) is 77.9 Å². The van der Waals surface area contributed by atoms with Crippen LogP contribution in [0.2, 0.25) is 0 Å². The van der Waals surface area contributed by atoms with Gasteiger partial charge in [0.25, 0.3) is 0 Å². The van der Waals surface area contributed by atoms with Gasteiger partial charge in [-0.1, -0.05) is 66.7 Å². The Hall–Kier alpha value is -2.19. The molecule has 0 amide bonds. The quantitative estimate of drug-likeness (QED) is 0.613. The van der Waals surface area contributed by atoms with Crippen molar-refractivity contribution >= 4 is 11.9 Å². The maximum Gasteiger partial charge on any atom is 0.156 e. The molecule has 0 saturated heterocycles. The van der Waals surface area contributed by atoms with Gasteiger partial charge in [0.1, 0.15) is 0 Å². The Bertz CT molecular complexity index is 546. The second-order valence-corrected chi connectivity index (χ2v) is 4.62. The van der Waals surface area contributed by atoms with Gasteiger partial charge in [0.05, 0.1) is 0 Å². The lowest BCUT2D eigenvalue weighted by Crippen LogP contribution is -2.17. The van der Waals surface area contributed by atoms with Crippen molar-refractivity contribution in [3.63, 3.8) is 0 Å². The van der Waals surface area contributed by atoms with E-state index < -0.39 is 0 Å². The molecule has 0 radical (unpaired) electrons. The van der Waals surface area contributed by atoms with Crippen molar-refractivity contribution in [1.29, 1.82) is 0 Å². The molecule has 0 aliphatic rings. The van der Waals surface area contributed by atoms with Crippen LogP contribution in [-0.2, 0) is 11.3 Å². The van der Waals surface area contributed by atoms with E-state index in [1.54, 1.807) is 6.08 Å². The van der Waals surface area contributed by atoms with Gasteiger partial charge in [0, 0.05) is 19.5 Å². The normalized spacial score (nSPS) is 10.8. The van der Waals surface area contributed by atoms with E-state index in [4.69, 9.17) is 0 Å². The summed E-state index contributed by atoms with van der Waals surface area (Å²) >= 11 is 0. The summed E-state index contributed by atoms with van der Waals surface area (Å²) in [6, 6.07) is 20.0. The molecule has 0 fully saturated rings. The lowest BCUT2D eigenvalue weighted by atomic mass is 10.1. The summed E-state index contributed by atoms with van der Waals surface area (Å²) in [6.45, 7) is 1.50. The number of benzene rings is 2. The van der Waals surface area contributed by atoms with E-state index in [0.717, 1.165) is 12.1 Å².